The van der Waals surface area contributed by atoms with Crippen LogP contribution in [0.5, 0.6) is 0 Å². The highest BCUT2D eigenvalue weighted by Gasteiger charge is 2.12. The summed E-state index contributed by atoms with van der Waals surface area (Å²) < 4.78 is 0. The zero-order valence-electron chi connectivity index (χ0n) is 7.15. The molecule has 1 aliphatic heterocycles. The van der Waals surface area contributed by atoms with E-state index in [0.29, 0.717) is 0 Å². The molecule has 12 heavy (non-hydrogen) atoms. The van der Waals surface area contributed by atoms with Gasteiger partial charge < -0.3 is 5.32 Å². The first-order valence-electron chi connectivity index (χ1n) is 4.26. The van der Waals surface area contributed by atoms with Crippen LogP contribution in [0.2, 0.25) is 5.02 Å². The van der Waals surface area contributed by atoms with Gasteiger partial charge in [0.2, 0.25) is 0 Å². The van der Waals surface area contributed by atoms with Gasteiger partial charge in [-0.25, -0.2) is 0 Å². The summed E-state index contributed by atoms with van der Waals surface area (Å²) in [6.07, 6.45) is 1.07. The third-order valence-electron chi connectivity index (χ3n) is 2.40. The highest BCUT2D eigenvalue weighted by Crippen LogP contribution is 2.26. The van der Waals surface area contributed by atoms with Gasteiger partial charge in [-0.3, -0.25) is 0 Å². The molecule has 0 amide bonds. The second-order valence-electron chi connectivity index (χ2n) is 3.26. The van der Waals surface area contributed by atoms with E-state index in [-0.39, 0.29) is 0 Å². The van der Waals surface area contributed by atoms with Crippen molar-refractivity contribution >= 4 is 11.6 Å². The molecule has 0 fully saturated rings. The van der Waals surface area contributed by atoms with Gasteiger partial charge in [-0.1, -0.05) is 23.7 Å². The maximum absolute atomic E-state index is 6.18. The molecule has 0 spiro atoms. The Balaban J connectivity index is 2.54. The fourth-order valence-corrected chi connectivity index (χ4v) is 1.93. The lowest BCUT2D eigenvalue weighted by molar-refractivity contribution is 0.643. The Hall–Kier alpha value is -0.530. The molecule has 0 atom stereocenters. The minimum atomic E-state index is 0.967. The van der Waals surface area contributed by atoms with Gasteiger partial charge >= 0.3 is 0 Å². The number of benzene rings is 1. The van der Waals surface area contributed by atoms with Crippen molar-refractivity contribution in [3.8, 4) is 0 Å². The van der Waals surface area contributed by atoms with E-state index >= 15 is 0 Å². The van der Waals surface area contributed by atoms with E-state index in [4.69, 9.17) is 11.6 Å². The van der Waals surface area contributed by atoms with Crippen LogP contribution in [-0.4, -0.2) is 6.54 Å². The molecule has 0 aromatic heterocycles. The maximum Gasteiger partial charge on any atom is 0.0470 e. The Labute approximate surface area is 77.7 Å². The average Bonchev–Trinajstić information content (AvgIpc) is 2.12. The number of hydrogen-bond acceptors (Lipinski definition) is 1. The largest absolute Gasteiger partial charge is 0.312 e. The lowest BCUT2D eigenvalue weighted by Gasteiger charge is -2.19. The van der Waals surface area contributed by atoms with E-state index in [1.54, 1.807) is 0 Å². The average molecular weight is 182 g/mol. The maximum atomic E-state index is 6.18. The van der Waals surface area contributed by atoms with Crippen LogP contribution >= 0.6 is 11.6 Å². The van der Waals surface area contributed by atoms with Crippen molar-refractivity contribution in [1.29, 1.82) is 0 Å². The second kappa shape index (κ2) is 3.08. The molecule has 64 valence electrons. The van der Waals surface area contributed by atoms with Crippen molar-refractivity contribution in [2.24, 2.45) is 0 Å². The molecule has 0 saturated carbocycles. The Morgan fingerprint density at radius 2 is 2.25 bits per heavy atom. The summed E-state index contributed by atoms with van der Waals surface area (Å²) in [7, 11) is 0. The summed E-state index contributed by atoms with van der Waals surface area (Å²) in [5.74, 6) is 0. The van der Waals surface area contributed by atoms with E-state index < -0.39 is 0 Å². The third-order valence-corrected chi connectivity index (χ3v) is 2.93. The fraction of sp³-hybridized carbons (Fsp3) is 0.400. The lowest BCUT2D eigenvalue weighted by Crippen LogP contribution is -2.23. The Kier molecular flexibility index (Phi) is 2.07. The van der Waals surface area contributed by atoms with Crippen molar-refractivity contribution in [3.05, 3.63) is 33.8 Å². The van der Waals surface area contributed by atoms with Gasteiger partial charge in [0.25, 0.3) is 0 Å². The van der Waals surface area contributed by atoms with Crippen molar-refractivity contribution in [2.75, 3.05) is 6.54 Å². The Morgan fingerprint density at radius 3 is 3.08 bits per heavy atom. The first-order chi connectivity index (χ1) is 5.79. The Bertz CT molecular complexity index is 307. The number of fused-ring (bicyclic) bond motifs is 1. The molecule has 0 unspecified atom stereocenters. The molecular weight excluding hydrogens is 170 g/mol. The topological polar surface area (TPSA) is 12.0 Å². The summed E-state index contributed by atoms with van der Waals surface area (Å²) in [6, 6.07) is 4.26. The van der Waals surface area contributed by atoms with Crippen molar-refractivity contribution in [2.45, 2.75) is 19.9 Å². The molecule has 0 bridgehead atoms. The highest BCUT2D eigenvalue weighted by atomic mass is 35.5. The summed E-state index contributed by atoms with van der Waals surface area (Å²) in [5.41, 5.74) is 3.89. The lowest BCUT2D eigenvalue weighted by atomic mass is 9.99. The van der Waals surface area contributed by atoms with Crippen molar-refractivity contribution in [3.63, 3.8) is 0 Å². The molecule has 1 nitrogen and oxygen atoms in total. The van der Waals surface area contributed by atoms with E-state index in [1.165, 1.54) is 16.7 Å². The quantitative estimate of drug-likeness (QED) is 0.648. The van der Waals surface area contributed by atoms with Crippen molar-refractivity contribution < 1.29 is 0 Å². The normalized spacial score (nSPS) is 15.8. The number of halogens is 1. The molecule has 1 aromatic rings. The molecule has 1 aromatic carbocycles. The van der Waals surface area contributed by atoms with Crippen LogP contribution in [0.25, 0.3) is 0 Å². The number of rotatable bonds is 0. The summed E-state index contributed by atoms with van der Waals surface area (Å²) in [6.45, 7) is 4.08. The standard InChI is InChI=1S/C10H12ClN/c1-7-2-3-8-6-12-5-4-9(8)10(7)11/h2-3,12H,4-6H2,1H3. The van der Waals surface area contributed by atoms with Crippen LogP contribution in [0.15, 0.2) is 12.1 Å². The molecule has 1 N–H and O–H groups in total. The molecule has 1 heterocycles. The van der Waals surface area contributed by atoms with Crippen LogP contribution in [0, 0.1) is 6.92 Å². The van der Waals surface area contributed by atoms with Gasteiger partial charge in [0.1, 0.15) is 0 Å². The van der Waals surface area contributed by atoms with Gasteiger partial charge in [0.15, 0.2) is 0 Å². The SMILES string of the molecule is Cc1ccc2c(c1Cl)CCNC2. The molecule has 2 heteroatoms. The van der Waals surface area contributed by atoms with Crippen molar-refractivity contribution in [1.82, 2.24) is 5.32 Å². The van der Waals surface area contributed by atoms with Crippen LogP contribution < -0.4 is 5.32 Å². The molecule has 2 rings (SSSR count). The monoisotopic (exact) mass is 181 g/mol. The van der Waals surface area contributed by atoms with E-state index in [0.717, 1.165) is 24.5 Å². The molecule has 0 saturated heterocycles. The van der Waals surface area contributed by atoms with Gasteiger partial charge in [-0.05, 0) is 36.6 Å². The number of aryl methyl sites for hydroxylation is 1. The van der Waals surface area contributed by atoms with Gasteiger partial charge in [-0.2, -0.15) is 0 Å². The second-order valence-corrected chi connectivity index (χ2v) is 3.64. The fourth-order valence-electron chi connectivity index (χ4n) is 1.65. The molecule has 1 aliphatic rings. The minimum Gasteiger partial charge on any atom is -0.312 e. The minimum absolute atomic E-state index is 0.967. The summed E-state index contributed by atoms with van der Waals surface area (Å²) in [4.78, 5) is 0. The predicted octanol–water partition coefficient (Wildman–Crippen LogP) is 2.29. The van der Waals surface area contributed by atoms with Crippen LogP contribution in [0.1, 0.15) is 16.7 Å². The summed E-state index contributed by atoms with van der Waals surface area (Å²) in [5, 5.41) is 4.30. The smallest absolute Gasteiger partial charge is 0.0470 e. The van der Waals surface area contributed by atoms with Gasteiger partial charge in [-0.15, -0.1) is 0 Å². The number of hydrogen-bond donors (Lipinski definition) is 1. The summed E-state index contributed by atoms with van der Waals surface area (Å²) >= 11 is 6.18. The Morgan fingerprint density at radius 1 is 1.42 bits per heavy atom. The van der Waals surface area contributed by atoms with Gasteiger partial charge in [0.05, 0.1) is 0 Å². The molecule has 0 aliphatic carbocycles. The van der Waals surface area contributed by atoms with Crippen LogP contribution in [-0.2, 0) is 13.0 Å². The first kappa shape index (κ1) is 8.09. The van der Waals surface area contributed by atoms with E-state index in [1.807, 2.05) is 0 Å². The first-order valence-corrected chi connectivity index (χ1v) is 4.64. The van der Waals surface area contributed by atoms with Gasteiger partial charge in [0, 0.05) is 11.6 Å². The van der Waals surface area contributed by atoms with Crippen LogP contribution in [0.3, 0.4) is 0 Å². The zero-order chi connectivity index (χ0) is 8.55. The van der Waals surface area contributed by atoms with E-state index in [2.05, 4.69) is 24.4 Å². The van der Waals surface area contributed by atoms with E-state index in [9.17, 15) is 0 Å². The molecular formula is C10H12ClN. The highest BCUT2D eigenvalue weighted by molar-refractivity contribution is 6.32. The molecule has 0 radical (unpaired) electrons. The zero-order valence-corrected chi connectivity index (χ0v) is 7.91. The predicted molar refractivity (Wildman–Crippen MR) is 51.6 cm³/mol. The third kappa shape index (κ3) is 1.23. The number of nitrogens with one attached hydrogen (secondary N) is 1. The van der Waals surface area contributed by atoms with Crippen LogP contribution in [0.4, 0.5) is 0 Å².